The lowest BCUT2D eigenvalue weighted by molar-refractivity contribution is -0.132. The Morgan fingerprint density at radius 1 is 1.31 bits per heavy atom. The van der Waals surface area contributed by atoms with Crippen molar-refractivity contribution in [3.63, 3.8) is 0 Å². The number of likely N-dealkylation sites (tertiary alicyclic amines) is 1. The highest BCUT2D eigenvalue weighted by Crippen LogP contribution is 2.29. The normalized spacial score (nSPS) is 16.2. The molecule has 0 saturated carbocycles. The molecule has 1 unspecified atom stereocenters. The van der Waals surface area contributed by atoms with Crippen LogP contribution in [0.3, 0.4) is 0 Å². The number of rotatable bonds is 6. The van der Waals surface area contributed by atoms with E-state index in [-0.39, 0.29) is 23.3 Å². The lowest BCUT2D eigenvalue weighted by atomic mass is 9.98. The van der Waals surface area contributed by atoms with Gasteiger partial charge in [-0.2, -0.15) is 5.26 Å². The molecule has 0 spiro atoms. The SMILES string of the molecule is COc1cc(C#N)ccc1OCC1CCCN(C(=O)Cc2cc(F)cc(Cl)c2)C1. The molecule has 1 aliphatic heterocycles. The van der Waals surface area contributed by atoms with Crippen LogP contribution in [0.4, 0.5) is 4.39 Å². The summed E-state index contributed by atoms with van der Waals surface area (Å²) in [7, 11) is 1.53. The maximum absolute atomic E-state index is 13.5. The first kappa shape index (κ1) is 20.9. The summed E-state index contributed by atoms with van der Waals surface area (Å²) in [5.74, 6) is 0.776. The van der Waals surface area contributed by atoms with Gasteiger partial charge in [-0.1, -0.05) is 11.6 Å². The van der Waals surface area contributed by atoms with Crippen molar-refractivity contribution in [3.8, 4) is 17.6 Å². The predicted molar refractivity (Wildman–Crippen MR) is 108 cm³/mol. The molecule has 3 rings (SSSR count). The molecule has 1 aliphatic rings. The molecule has 1 amide bonds. The van der Waals surface area contributed by atoms with Gasteiger partial charge in [0.15, 0.2) is 11.5 Å². The second kappa shape index (κ2) is 9.62. The Hall–Kier alpha value is -2.78. The van der Waals surface area contributed by atoms with Crippen molar-refractivity contribution in [2.75, 3.05) is 26.8 Å². The summed E-state index contributed by atoms with van der Waals surface area (Å²) in [4.78, 5) is 14.4. The Morgan fingerprint density at radius 3 is 2.86 bits per heavy atom. The number of carbonyl (C=O) groups excluding carboxylic acids is 1. The van der Waals surface area contributed by atoms with E-state index in [2.05, 4.69) is 6.07 Å². The zero-order valence-electron chi connectivity index (χ0n) is 16.2. The van der Waals surface area contributed by atoms with Gasteiger partial charge in [0.2, 0.25) is 5.91 Å². The molecule has 29 heavy (non-hydrogen) atoms. The molecule has 1 saturated heterocycles. The van der Waals surface area contributed by atoms with Gasteiger partial charge in [-0.3, -0.25) is 4.79 Å². The number of benzene rings is 2. The minimum absolute atomic E-state index is 0.0488. The van der Waals surface area contributed by atoms with Crippen LogP contribution in [0.5, 0.6) is 11.5 Å². The standard InChI is InChI=1S/C22H22ClFN2O3/c1-28-21-9-15(12-25)4-5-20(21)29-14-16-3-2-6-26(13-16)22(27)10-17-7-18(23)11-19(24)8-17/h4-5,7-9,11,16H,2-3,6,10,13-14H2,1H3. The van der Waals surface area contributed by atoms with E-state index in [4.69, 9.17) is 26.3 Å². The molecule has 7 heteroatoms. The van der Waals surface area contributed by atoms with Gasteiger partial charge in [0, 0.05) is 30.1 Å². The topological polar surface area (TPSA) is 62.6 Å². The number of halogens is 2. The van der Waals surface area contributed by atoms with E-state index in [1.54, 1.807) is 29.2 Å². The molecular weight excluding hydrogens is 395 g/mol. The van der Waals surface area contributed by atoms with Gasteiger partial charge >= 0.3 is 0 Å². The summed E-state index contributed by atoms with van der Waals surface area (Å²) in [6.45, 7) is 1.71. The van der Waals surface area contributed by atoms with Gasteiger partial charge in [-0.15, -0.1) is 0 Å². The third kappa shape index (κ3) is 5.61. The van der Waals surface area contributed by atoms with Gasteiger partial charge in [-0.25, -0.2) is 4.39 Å². The molecule has 0 aromatic heterocycles. The highest BCUT2D eigenvalue weighted by atomic mass is 35.5. The lowest BCUT2D eigenvalue weighted by Gasteiger charge is -2.33. The zero-order chi connectivity index (χ0) is 20.8. The summed E-state index contributed by atoms with van der Waals surface area (Å²) < 4.78 is 24.7. The summed E-state index contributed by atoms with van der Waals surface area (Å²) >= 11 is 5.88. The molecule has 2 aromatic rings. The lowest BCUT2D eigenvalue weighted by Crippen LogP contribution is -2.42. The van der Waals surface area contributed by atoms with Crippen LogP contribution in [-0.2, 0) is 11.2 Å². The second-order valence-electron chi connectivity index (χ2n) is 7.09. The smallest absolute Gasteiger partial charge is 0.227 e. The van der Waals surface area contributed by atoms with E-state index < -0.39 is 5.82 Å². The average Bonchev–Trinajstić information content (AvgIpc) is 2.71. The Labute approximate surface area is 174 Å². The van der Waals surface area contributed by atoms with Crippen molar-refractivity contribution < 1.29 is 18.7 Å². The third-order valence-corrected chi connectivity index (χ3v) is 5.13. The maximum Gasteiger partial charge on any atom is 0.227 e. The Kier molecular flexibility index (Phi) is 6.95. The van der Waals surface area contributed by atoms with Crippen molar-refractivity contribution in [1.82, 2.24) is 4.90 Å². The molecule has 0 radical (unpaired) electrons. The predicted octanol–water partition coefficient (Wildman–Crippen LogP) is 4.22. The van der Waals surface area contributed by atoms with Gasteiger partial charge in [0.05, 0.1) is 31.8 Å². The molecule has 0 aliphatic carbocycles. The summed E-state index contributed by atoms with van der Waals surface area (Å²) in [5, 5.41) is 9.27. The molecule has 1 fully saturated rings. The molecule has 5 nitrogen and oxygen atoms in total. The minimum atomic E-state index is -0.443. The number of ether oxygens (including phenoxy) is 2. The van der Waals surface area contributed by atoms with E-state index in [1.165, 1.54) is 19.2 Å². The van der Waals surface area contributed by atoms with E-state index in [0.717, 1.165) is 12.8 Å². The fourth-order valence-corrected chi connectivity index (χ4v) is 3.74. The molecule has 152 valence electrons. The van der Waals surface area contributed by atoms with Gasteiger partial charge < -0.3 is 14.4 Å². The van der Waals surface area contributed by atoms with Crippen molar-refractivity contribution >= 4 is 17.5 Å². The number of carbonyl (C=O) groups is 1. The van der Waals surface area contributed by atoms with Gasteiger partial charge in [0.25, 0.3) is 0 Å². The molecule has 1 heterocycles. The average molecular weight is 417 g/mol. The number of amides is 1. The van der Waals surface area contributed by atoms with E-state index in [0.29, 0.717) is 42.3 Å². The zero-order valence-corrected chi connectivity index (χ0v) is 16.9. The number of hydrogen-bond donors (Lipinski definition) is 0. The van der Waals surface area contributed by atoms with E-state index >= 15 is 0 Å². The quantitative estimate of drug-likeness (QED) is 0.707. The maximum atomic E-state index is 13.5. The largest absolute Gasteiger partial charge is 0.493 e. The van der Waals surface area contributed by atoms with Gasteiger partial charge in [0.1, 0.15) is 5.82 Å². The summed E-state index contributed by atoms with van der Waals surface area (Å²) in [6.07, 6.45) is 1.96. The van der Waals surface area contributed by atoms with Crippen LogP contribution in [0.2, 0.25) is 5.02 Å². The summed E-state index contributed by atoms with van der Waals surface area (Å²) in [6, 6.07) is 11.3. The van der Waals surface area contributed by atoms with Gasteiger partial charge in [-0.05, 0) is 48.7 Å². The molecule has 1 atom stereocenters. The number of nitriles is 1. The fraction of sp³-hybridized carbons (Fsp3) is 0.364. The Bertz CT molecular complexity index is 909. The highest BCUT2D eigenvalue weighted by molar-refractivity contribution is 6.30. The highest BCUT2D eigenvalue weighted by Gasteiger charge is 2.24. The van der Waals surface area contributed by atoms with Crippen molar-refractivity contribution in [3.05, 3.63) is 58.4 Å². The van der Waals surface area contributed by atoms with E-state index in [1.807, 2.05) is 0 Å². The van der Waals surface area contributed by atoms with Crippen molar-refractivity contribution in [1.29, 1.82) is 5.26 Å². The monoisotopic (exact) mass is 416 g/mol. The first-order chi connectivity index (χ1) is 14.0. The molecular formula is C22H22ClFN2O3. The Balaban J connectivity index is 1.58. The van der Waals surface area contributed by atoms with E-state index in [9.17, 15) is 9.18 Å². The number of piperidine rings is 1. The van der Waals surface area contributed by atoms with Crippen LogP contribution in [-0.4, -0.2) is 37.6 Å². The second-order valence-corrected chi connectivity index (χ2v) is 7.53. The first-order valence-electron chi connectivity index (χ1n) is 9.42. The first-order valence-corrected chi connectivity index (χ1v) is 9.80. The van der Waals surface area contributed by atoms with Crippen LogP contribution in [0.1, 0.15) is 24.0 Å². The van der Waals surface area contributed by atoms with Crippen LogP contribution >= 0.6 is 11.6 Å². The number of methoxy groups -OCH3 is 1. The van der Waals surface area contributed by atoms with Crippen LogP contribution < -0.4 is 9.47 Å². The van der Waals surface area contributed by atoms with Crippen LogP contribution in [0.15, 0.2) is 36.4 Å². The Morgan fingerprint density at radius 2 is 2.14 bits per heavy atom. The summed E-state index contributed by atoms with van der Waals surface area (Å²) in [5.41, 5.74) is 1.07. The number of hydrogen-bond acceptors (Lipinski definition) is 4. The van der Waals surface area contributed by atoms with Crippen molar-refractivity contribution in [2.45, 2.75) is 19.3 Å². The molecule has 0 N–H and O–H groups in total. The van der Waals surface area contributed by atoms with Crippen LogP contribution in [0, 0.1) is 23.1 Å². The molecule has 2 aromatic carbocycles. The minimum Gasteiger partial charge on any atom is -0.493 e. The third-order valence-electron chi connectivity index (χ3n) is 4.92. The van der Waals surface area contributed by atoms with Crippen LogP contribution in [0.25, 0.3) is 0 Å². The number of nitrogens with zero attached hydrogens (tertiary/aromatic N) is 2. The fourth-order valence-electron chi connectivity index (χ4n) is 3.49. The van der Waals surface area contributed by atoms with Crippen molar-refractivity contribution in [2.24, 2.45) is 5.92 Å². The molecule has 0 bridgehead atoms.